The number of hydrogen-bond acceptors (Lipinski definition) is 6. The van der Waals surface area contributed by atoms with E-state index in [0.29, 0.717) is 37.6 Å². The summed E-state index contributed by atoms with van der Waals surface area (Å²) in [5.74, 6) is -1.12. The molecule has 2 aromatic rings. The maximum atomic E-state index is 13.0. The maximum absolute atomic E-state index is 13.0. The minimum absolute atomic E-state index is 0.256. The third-order valence-corrected chi connectivity index (χ3v) is 4.35. The summed E-state index contributed by atoms with van der Waals surface area (Å²) in [4.78, 5) is 38.1. The Balaban J connectivity index is 1.74. The van der Waals surface area contributed by atoms with Crippen molar-refractivity contribution < 1.29 is 28.6 Å². The van der Waals surface area contributed by atoms with Gasteiger partial charge in [0.15, 0.2) is 6.61 Å². The molecule has 0 bridgehead atoms. The lowest BCUT2D eigenvalue weighted by molar-refractivity contribution is -0.145. The maximum Gasteiger partial charge on any atom is 0.339 e. The van der Waals surface area contributed by atoms with E-state index >= 15 is 0 Å². The predicted octanol–water partition coefficient (Wildman–Crippen LogP) is 1.31. The first-order valence-corrected chi connectivity index (χ1v) is 9.18. The van der Waals surface area contributed by atoms with Crippen molar-refractivity contribution in [3.8, 4) is 5.75 Å². The Kier molecular flexibility index (Phi) is 6.80. The molecule has 0 saturated carbocycles. The standard InChI is InChI=1S/C21H22N2O6/c22-18(24)14-28-17-8-6-16(7-9-17)21(26)29-19(15-4-2-1-3-5-15)20(25)23-10-12-27-13-11-23/h1-9,19H,10-14H2,(H2,22,24)/t19-/m0/s1. The van der Waals surface area contributed by atoms with Crippen molar-refractivity contribution in [2.45, 2.75) is 6.10 Å². The number of morpholine rings is 1. The summed E-state index contributed by atoms with van der Waals surface area (Å²) in [5.41, 5.74) is 5.89. The van der Waals surface area contributed by atoms with Gasteiger partial charge in [-0.15, -0.1) is 0 Å². The number of carbonyl (C=O) groups is 3. The summed E-state index contributed by atoms with van der Waals surface area (Å²) >= 11 is 0. The van der Waals surface area contributed by atoms with E-state index in [9.17, 15) is 14.4 Å². The van der Waals surface area contributed by atoms with E-state index in [1.165, 1.54) is 24.3 Å². The van der Waals surface area contributed by atoms with Crippen LogP contribution < -0.4 is 10.5 Å². The zero-order valence-electron chi connectivity index (χ0n) is 15.8. The molecule has 1 aliphatic rings. The number of amides is 2. The summed E-state index contributed by atoms with van der Waals surface area (Å²) in [5, 5.41) is 0. The average molecular weight is 398 g/mol. The molecule has 1 aliphatic heterocycles. The van der Waals surface area contributed by atoms with Crippen LogP contribution in [-0.2, 0) is 19.1 Å². The van der Waals surface area contributed by atoms with Gasteiger partial charge in [0.05, 0.1) is 18.8 Å². The topological polar surface area (TPSA) is 108 Å². The number of carbonyl (C=O) groups excluding carboxylic acids is 3. The monoisotopic (exact) mass is 398 g/mol. The number of ether oxygens (including phenoxy) is 3. The van der Waals surface area contributed by atoms with Crippen LogP contribution in [-0.4, -0.2) is 55.6 Å². The van der Waals surface area contributed by atoms with Crippen molar-refractivity contribution in [1.82, 2.24) is 4.90 Å². The third kappa shape index (κ3) is 5.55. The van der Waals surface area contributed by atoms with E-state index in [2.05, 4.69) is 0 Å². The van der Waals surface area contributed by atoms with Crippen LogP contribution >= 0.6 is 0 Å². The predicted molar refractivity (Wildman–Crippen MR) is 103 cm³/mol. The van der Waals surface area contributed by atoms with Crippen molar-refractivity contribution in [1.29, 1.82) is 0 Å². The molecule has 1 heterocycles. The minimum Gasteiger partial charge on any atom is -0.484 e. The van der Waals surface area contributed by atoms with Gasteiger partial charge in [0.1, 0.15) is 5.75 Å². The van der Waals surface area contributed by atoms with Crippen LogP contribution in [0.15, 0.2) is 54.6 Å². The highest BCUT2D eigenvalue weighted by atomic mass is 16.5. The minimum atomic E-state index is -1.05. The Morgan fingerprint density at radius 2 is 1.66 bits per heavy atom. The molecule has 2 amide bonds. The number of benzene rings is 2. The Bertz CT molecular complexity index is 847. The Labute approximate surface area is 168 Å². The summed E-state index contributed by atoms with van der Waals surface area (Å²) < 4.78 is 16.0. The molecule has 2 N–H and O–H groups in total. The molecule has 0 aliphatic carbocycles. The lowest BCUT2D eigenvalue weighted by atomic mass is 10.1. The van der Waals surface area contributed by atoms with Crippen molar-refractivity contribution >= 4 is 17.8 Å². The van der Waals surface area contributed by atoms with Crippen LogP contribution in [0.5, 0.6) is 5.75 Å². The molecule has 1 saturated heterocycles. The fourth-order valence-corrected chi connectivity index (χ4v) is 2.86. The zero-order chi connectivity index (χ0) is 20.6. The highest BCUT2D eigenvalue weighted by Gasteiger charge is 2.30. The number of rotatable bonds is 7. The Morgan fingerprint density at radius 3 is 2.28 bits per heavy atom. The normalized spacial score (nSPS) is 14.7. The Morgan fingerprint density at radius 1 is 1.00 bits per heavy atom. The van der Waals surface area contributed by atoms with Gasteiger partial charge in [-0.25, -0.2) is 4.79 Å². The van der Waals surface area contributed by atoms with Gasteiger partial charge in [0.25, 0.3) is 11.8 Å². The molecule has 0 spiro atoms. The molecule has 152 valence electrons. The van der Waals surface area contributed by atoms with E-state index in [1.807, 2.05) is 6.07 Å². The van der Waals surface area contributed by atoms with Crippen molar-refractivity contribution in [2.24, 2.45) is 5.73 Å². The zero-order valence-corrected chi connectivity index (χ0v) is 15.8. The summed E-state index contributed by atoms with van der Waals surface area (Å²) in [6, 6.07) is 14.9. The molecule has 8 heteroatoms. The second-order valence-electron chi connectivity index (χ2n) is 6.41. The molecule has 0 radical (unpaired) electrons. The van der Waals surface area contributed by atoms with Crippen LogP contribution in [0.25, 0.3) is 0 Å². The average Bonchev–Trinajstić information content (AvgIpc) is 2.77. The molecular formula is C21H22N2O6. The Hall–Kier alpha value is -3.39. The van der Waals surface area contributed by atoms with Crippen LogP contribution in [0.2, 0.25) is 0 Å². The van der Waals surface area contributed by atoms with Gasteiger partial charge in [0.2, 0.25) is 6.10 Å². The lowest BCUT2D eigenvalue weighted by Crippen LogP contribution is -2.44. The van der Waals surface area contributed by atoms with E-state index in [-0.39, 0.29) is 18.1 Å². The van der Waals surface area contributed by atoms with Gasteiger partial charge >= 0.3 is 5.97 Å². The first-order chi connectivity index (χ1) is 14.0. The van der Waals surface area contributed by atoms with Gasteiger partial charge in [-0.05, 0) is 24.3 Å². The first kappa shape index (κ1) is 20.3. The van der Waals surface area contributed by atoms with Crippen molar-refractivity contribution in [3.63, 3.8) is 0 Å². The fraction of sp³-hybridized carbons (Fsp3) is 0.286. The van der Waals surface area contributed by atoms with Gasteiger partial charge in [0, 0.05) is 18.7 Å². The second kappa shape index (κ2) is 9.70. The number of primary amides is 1. The third-order valence-electron chi connectivity index (χ3n) is 4.35. The van der Waals surface area contributed by atoms with Crippen molar-refractivity contribution in [3.05, 3.63) is 65.7 Å². The number of esters is 1. The van der Waals surface area contributed by atoms with Gasteiger partial charge in [-0.2, -0.15) is 0 Å². The number of hydrogen-bond donors (Lipinski definition) is 1. The molecule has 0 unspecified atom stereocenters. The number of nitrogens with two attached hydrogens (primary N) is 1. The highest BCUT2D eigenvalue weighted by Crippen LogP contribution is 2.23. The van der Waals surface area contributed by atoms with Gasteiger partial charge in [-0.1, -0.05) is 30.3 Å². The lowest BCUT2D eigenvalue weighted by Gasteiger charge is -2.30. The van der Waals surface area contributed by atoms with Crippen LogP contribution in [0, 0.1) is 0 Å². The SMILES string of the molecule is NC(=O)COc1ccc(C(=O)O[C@H](C(=O)N2CCOCC2)c2ccccc2)cc1. The van der Waals surface area contributed by atoms with Crippen LogP contribution in [0.4, 0.5) is 0 Å². The smallest absolute Gasteiger partial charge is 0.339 e. The van der Waals surface area contributed by atoms with E-state index in [0.717, 1.165) is 0 Å². The van der Waals surface area contributed by atoms with Crippen molar-refractivity contribution in [2.75, 3.05) is 32.9 Å². The van der Waals surface area contributed by atoms with E-state index < -0.39 is 18.0 Å². The molecule has 1 fully saturated rings. The fourth-order valence-electron chi connectivity index (χ4n) is 2.86. The molecule has 3 rings (SSSR count). The van der Waals surface area contributed by atoms with Crippen LogP contribution in [0.1, 0.15) is 22.0 Å². The quantitative estimate of drug-likeness (QED) is 0.705. The molecule has 1 atom stereocenters. The molecule has 29 heavy (non-hydrogen) atoms. The van der Waals surface area contributed by atoms with E-state index in [4.69, 9.17) is 19.9 Å². The molecule has 8 nitrogen and oxygen atoms in total. The summed E-state index contributed by atoms with van der Waals surface area (Å²) in [6.45, 7) is 1.55. The number of nitrogens with zero attached hydrogens (tertiary/aromatic N) is 1. The van der Waals surface area contributed by atoms with Crippen LogP contribution in [0.3, 0.4) is 0 Å². The summed E-state index contributed by atoms with van der Waals surface area (Å²) in [6.07, 6.45) is -1.05. The second-order valence-corrected chi connectivity index (χ2v) is 6.41. The molecule has 0 aromatic heterocycles. The van der Waals surface area contributed by atoms with E-state index in [1.54, 1.807) is 29.2 Å². The van der Waals surface area contributed by atoms with Gasteiger partial charge in [-0.3, -0.25) is 9.59 Å². The first-order valence-electron chi connectivity index (χ1n) is 9.18. The largest absolute Gasteiger partial charge is 0.484 e. The van der Waals surface area contributed by atoms with Gasteiger partial charge < -0.3 is 24.8 Å². The molecule has 2 aromatic carbocycles. The summed E-state index contributed by atoms with van der Waals surface area (Å²) in [7, 11) is 0. The molecular weight excluding hydrogens is 376 g/mol. The highest BCUT2D eigenvalue weighted by molar-refractivity contribution is 5.93.